The van der Waals surface area contributed by atoms with Gasteiger partial charge in [-0.1, -0.05) is 6.07 Å². The van der Waals surface area contributed by atoms with Crippen LogP contribution in [0.5, 0.6) is 0 Å². The molecule has 116 valence electrons. The van der Waals surface area contributed by atoms with E-state index in [-0.39, 0.29) is 18.3 Å². The fraction of sp³-hybridized carbons (Fsp3) is 0.533. The minimum Gasteiger partial charge on any atom is -0.398 e. The number of amides is 1. The number of hydrogen-bond donors (Lipinski definition) is 1. The SMILES string of the molecule is Cl.Nc1cccc2c1CCCN2CC(=O)N1CCOCC1. The molecule has 0 atom stereocenters. The number of nitrogens with two attached hydrogens (primary N) is 1. The number of nitrogen functional groups attached to an aromatic ring is 1. The van der Waals surface area contributed by atoms with Crippen LogP contribution in [-0.2, 0) is 16.0 Å². The lowest BCUT2D eigenvalue weighted by Gasteiger charge is -2.34. The summed E-state index contributed by atoms with van der Waals surface area (Å²) in [6.45, 7) is 4.07. The van der Waals surface area contributed by atoms with Gasteiger partial charge in [-0.25, -0.2) is 0 Å². The summed E-state index contributed by atoms with van der Waals surface area (Å²) in [4.78, 5) is 16.4. The van der Waals surface area contributed by atoms with Crippen molar-refractivity contribution in [3.8, 4) is 0 Å². The van der Waals surface area contributed by atoms with Crippen molar-refractivity contribution in [3.63, 3.8) is 0 Å². The van der Waals surface area contributed by atoms with Gasteiger partial charge >= 0.3 is 0 Å². The smallest absolute Gasteiger partial charge is 0.242 e. The fourth-order valence-electron chi connectivity index (χ4n) is 2.97. The number of carbonyl (C=O) groups excluding carboxylic acids is 1. The highest BCUT2D eigenvalue weighted by Crippen LogP contribution is 2.31. The Balaban J connectivity index is 0.00000161. The number of anilines is 2. The maximum atomic E-state index is 12.4. The highest BCUT2D eigenvalue weighted by atomic mass is 35.5. The van der Waals surface area contributed by atoms with Crippen LogP contribution < -0.4 is 10.6 Å². The molecule has 1 aromatic carbocycles. The van der Waals surface area contributed by atoms with E-state index in [0.29, 0.717) is 32.8 Å². The number of carbonyl (C=O) groups is 1. The fourth-order valence-corrected chi connectivity index (χ4v) is 2.97. The summed E-state index contributed by atoms with van der Waals surface area (Å²) in [6, 6.07) is 5.97. The van der Waals surface area contributed by atoms with E-state index in [1.807, 2.05) is 17.0 Å². The summed E-state index contributed by atoms with van der Waals surface area (Å²) in [5.41, 5.74) is 9.19. The Bertz CT molecular complexity index is 504. The van der Waals surface area contributed by atoms with Crippen LogP contribution >= 0.6 is 12.4 Å². The second-order valence-corrected chi connectivity index (χ2v) is 5.36. The minimum atomic E-state index is 0. The number of nitrogens with zero attached hydrogens (tertiary/aromatic N) is 2. The molecule has 0 aromatic heterocycles. The maximum Gasteiger partial charge on any atom is 0.242 e. The Kier molecular flexibility index (Phi) is 5.31. The first kappa shape index (κ1) is 15.9. The zero-order valence-corrected chi connectivity index (χ0v) is 12.9. The Hall–Kier alpha value is -1.46. The molecule has 5 nitrogen and oxygen atoms in total. The second-order valence-electron chi connectivity index (χ2n) is 5.36. The van der Waals surface area contributed by atoms with Crippen molar-refractivity contribution in [2.24, 2.45) is 0 Å². The number of benzene rings is 1. The van der Waals surface area contributed by atoms with Crippen molar-refractivity contribution in [1.29, 1.82) is 0 Å². The molecule has 0 spiro atoms. The Morgan fingerprint density at radius 2 is 2.00 bits per heavy atom. The summed E-state index contributed by atoms with van der Waals surface area (Å²) in [5.74, 6) is 0.184. The van der Waals surface area contributed by atoms with E-state index in [0.717, 1.165) is 30.8 Å². The molecule has 2 aliphatic heterocycles. The molecule has 1 fully saturated rings. The lowest BCUT2D eigenvalue weighted by atomic mass is 10.00. The predicted octanol–water partition coefficient (Wildman–Crippen LogP) is 1.30. The largest absolute Gasteiger partial charge is 0.398 e. The molecule has 6 heteroatoms. The molecule has 1 aromatic rings. The number of morpholine rings is 1. The van der Waals surface area contributed by atoms with Crippen molar-refractivity contribution in [2.75, 3.05) is 50.0 Å². The topological polar surface area (TPSA) is 58.8 Å². The molecule has 2 N–H and O–H groups in total. The normalized spacial score (nSPS) is 17.9. The molecule has 0 saturated carbocycles. The van der Waals surface area contributed by atoms with Gasteiger partial charge in [-0.05, 0) is 30.5 Å². The Morgan fingerprint density at radius 3 is 2.76 bits per heavy atom. The molecule has 2 heterocycles. The molecular formula is C15H22ClN3O2. The van der Waals surface area contributed by atoms with Crippen LogP contribution in [0.3, 0.4) is 0 Å². The van der Waals surface area contributed by atoms with Crippen molar-refractivity contribution < 1.29 is 9.53 Å². The first-order valence-corrected chi connectivity index (χ1v) is 7.23. The lowest BCUT2D eigenvalue weighted by Crippen LogP contribution is -2.46. The third-order valence-electron chi connectivity index (χ3n) is 4.07. The first-order chi connectivity index (χ1) is 9.75. The molecule has 3 rings (SSSR count). The number of ether oxygens (including phenoxy) is 1. The van der Waals surface area contributed by atoms with Gasteiger partial charge < -0.3 is 20.3 Å². The number of rotatable bonds is 2. The van der Waals surface area contributed by atoms with Crippen LogP contribution in [0, 0.1) is 0 Å². The molecule has 2 aliphatic rings. The highest BCUT2D eigenvalue weighted by molar-refractivity contribution is 5.85. The van der Waals surface area contributed by atoms with E-state index in [4.69, 9.17) is 10.5 Å². The molecular weight excluding hydrogens is 290 g/mol. The van der Waals surface area contributed by atoms with Gasteiger partial charge in [0.25, 0.3) is 0 Å². The number of fused-ring (bicyclic) bond motifs is 1. The summed E-state index contributed by atoms with van der Waals surface area (Å²) >= 11 is 0. The summed E-state index contributed by atoms with van der Waals surface area (Å²) in [5, 5.41) is 0. The number of hydrogen-bond acceptors (Lipinski definition) is 4. The third kappa shape index (κ3) is 3.41. The van der Waals surface area contributed by atoms with Gasteiger partial charge in [0.1, 0.15) is 0 Å². The molecule has 0 aliphatic carbocycles. The summed E-state index contributed by atoms with van der Waals surface area (Å²) in [7, 11) is 0. The highest BCUT2D eigenvalue weighted by Gasteiger charge is 2.23. The zero-order valence-electron chi connectivity index (χ0n) is 12.1. The van der Waals surface area contributed by atoms with Gasteiger partial charge in [0.15, 0.2) is 0 Å². The Morgan fingerprint density at radius 1 is 1.24 bits per heavy atom. The van der Waals surface area contributed by atoms with Crippen LogP contribution in [0.4, 0.5) is 11.4 Å². The van der Waals surface area contributed by atoms with Crippen LogP contribution in [0.15, 0.2) is 18.2 Å². The van der Waals surface area contributed by atoms with Crippen molar-refractivity contribution in [3.05, 3.63) is 23.8 Å². The summed E-state index contributed by atoms with van der Waals surface area (Å²) in [6.07, 6.45) is 2.06. The van der Waals surface area contributed by atoms with E-state index >= 15 is 0 Å². The average Bonchev–Trinajstić information content (AvgIpc) is 2.49. The monoisotopic (exact) mass is 311 g/mol. The van der Waals surface area contributed by atoms with E-state index in [9.17, 15) is 4.79 Å². The summed E-state index contributed by atoms with van der Waals surface area (Å²) < 4.78 is 5.29. The Labute approximate surface area is 131 Å². The van der Waals surface area contributed by atoms with Gasteiger partial charge in [-0.15, -0.1) is 12.4 Å². The van der Waals surface area contributed by atoms with Crippen molar-refractivity contribution >= 4 is 29.7 Å². The van der Waals surface area contributed by atoms with Crippen LogP contribution in [0.2, 0.25) is 0 Å². The molecule has 1 amide bonds. The molecule has 21 heavy (non-hydrogen) atoms. The van der Waals surface area contributed by atoms with Gasteiger partial charge in [-0.2, -0.15) is 0 Å². The number of halogens is 1. The van der Waals surface area contributed by atoms with Gasteiger partial charge in [-0.3, -0.25) is 4.79 Å². The second kappa shape index (κ2) is 7.00. The molecule has 0 unspecified atom stereocenters. The quantitative estimate of drug-likeness (QED) is 0.837. The van der Waals surface area contributed by atoms with Crippen LogP contribution in [-0.4, -0.2) is 50.2 Å². The van der Waals surface area contributed by atoms with E-state index < -0.39 is 0 Å². The van der Waals surface area contributed by atoms with Crippen LogP contribution in [0.25, 0.3) is 0 Å². The first-order valence-electron chi connectivity index (χ1n) is 7.23. The average molecular weight is 312 g/mol. The molecule has 0 bridgehead atoms. The van der Waals surface area contributed by atoms with E-state index in [2.05, 4.69) is 11.0 Å². The van der Waals surface area contributed by atoms with Gasteiger partial charge in [0, 0.05) is 31.0 Å². The molecule has 1 saturated heterocycles. The van der Waals surface area contributed by atoms with Gasteiger partial charge in [0.05, 0.1) is 19.8 Å². The van der Waals surface area contributed by atoms with Crippen molar-refractivity contribution in [2.45, 2.75) is 12.8 Å². The minimum absolute atomic E-state index is 0. The lowest BCUT2D eigenvalue weighted by molar-refractivity contribution is -0.133. The van der Waals surface area contributed by atoms with Gasteiger partial charge in [0.2, 0.25) is 5.91 Å². The predicted molar refractivity (Wildman–Crippen MR) is 86.0 cm³/mol. The van der Waals surface area contributed by atoms with E-state index in [1.54, 1.807) is 0 Å². The van der Waals surface area contributed by atoms with E-state index in [1.165, 1.54) is 5.56 Å². The zero-order chi connectivity index (χ0) is 13.9. The third-order valence-corrected chi connectivity index (χ3v) is 4.07. The maximum absolute atomic E-state index is 12.4. The van der Waals surface area contributed by atoms with Crippen LogP contribution in [0.1, 0.15) is 12.0 Å². The molecule has 0 radical (unpaired) electrons. The van der Waals surface area contributed by atoms with Crippen molar-refractivity contribution in [1.82, 2.24) is 4.90 Å². The standard InChI is InChI=1S/C15H21N3O2.ClH/c16-13-4-1-5-14-12(13)3-2-6-18(14)11-15(19)17-7-9-20-10-8-17;/h1,4-5H,2-3,6-11,16H2;1H.